The van der Waals surface area contributed by atoms with Gasteiger partial charge in [0, 0.05) is 12.6 Å². The summed E-state index contributed by atoms with van der Waals surface area (Å²) in [6.45, 7) is 24.6. The lowest BCUT2D eigenvalue weighted by Crippen LogP contribution is -2.57. The second-order valence-electron chi connectivity index (χ2n) is 10.2. The molecule has 1 aromatic rings. The minimum absolute atomic E-state index is 0.0861. The highest BCUT2D eigenvalue weighted by molar-refractivity contribution is 6.87. The van der Waals surface area contributed by atoms with Gasteiger partial charge in [-0.05, 0) is 22.2 Å². The van der Waals surface area contributed by atoms with Gasteiger partial charge in [-0.1, -0.05) is 79.9 Å². The second-order valence-corrected chi connectivity index (χ2v) is 20.2. The molecule has 0 aliphatic heterocycles. The molecule has 25 heavy (non-hydrogen) atoms. The molecule has 0 heterocycles. The molecule has 0 saturated carbocycles. The first-order chi connectivity index (χ1) is 11.0. The molecule has 0 radical (unpaired) electrons. The van der Waals surface area contributed by atoms with Crippen LogP contribution < -0.4 is 9.55 Å². The van der Waals surface area contributed by atoms with Gasteiger partial charge in [-0.2, -0.15) is 0 Å². The summed E-state index contributed by atoms with van der Waals surface area (Å²) in [5.41, 5.74) is 2.13. The maximum absolute atomic E-state index is 12.7. The fraction of sp³-hybridized carbons (Fsp3) is 0.650. The zero-order chi connectivity index (χ0) is 19.8. The van der Waals surface area contributed by atoms with Gasteiger partial charge >= 0.3 is 0 Å². The van der Waals surface area contributed by atoms with Crippen LogP contribution in [0.5, 0.6) is 0 Å². The maximum Gasteiger partial charge on any atom is 0.215 e. The van der Waals surface area contributed by atoms with Gasteiger partial charge in [0.25, 0.3) is 0 Å². The van der Waals surface area contributed by atoms with Gasteiger partial charge in [-0.3, -0.25) is 4.79 Å². The molecule has 0 aliphatic carbocycles. The zero-order valence-electron chi connectivity index (χ0n) is 18.2. The van der Waals surface area contributed by atoms with E-state index in [1.165, 1.54) is 0 Å². The van der Waals surface area contributed by atoms with Crippen LogP contribution in [0.4, 0.5) is 11.4 Å². The Balaban J connectivity index is 3.49. The molecule has 1 rings (SSSR count). The van der Waals surface area contributed by atoms with Crippen LogP contribution in [0.1, 0.15) is 48.5 Å². The van der Waals surface area contributed by atoms with Crippen LogP contribution in [0.3, 0.4) is 0 Å². The third-order valence-corrected chi connectivity index (χ3v) is 16.2. The van der Waals surface area contributed by atoms with E-state index in [1.54, 1.807) is 6.92 Å². The van der Waals surface area contributed by atoms with Gasteiger partial charge in [0.05, 0.1) is 5.69 Å². The van der Waals surface area contributed by atoms with E-state index in [-0.39, 0.29) is 16.0 Å². The molecule has 142 valence electrons. The van der Waals surface area contributed by atoms with E-state index in [1.807, 2.05) is 6.07 Å². The number of nitrogens with one attached hydrogen (secondary N) is 1. The highest BCUT2D eigenvalue weighted by Crippen LogP contribution is 2.44. The topological polar surface area (TPSA) is 32.3 Å². The number of carbonyl (C=O) groups excluding carboxylic acids is 1. The molecular formula is C20H38N2OSi2. The quantitative estimate of drug-likeness (QED) is 0.609. The van der Waals surface area contributed by atoms with E-state index in [4.69, 9.17) is 0 Å². The Morgan fingerprint density at radius 3 is 1.80 bits per heavy atom. The van der Waals surface area contributed by atoms with Crippen LogP contribution in [-0.2, 0) is 4.79 Å². The van der Waals surface area contributed by atoms with E-state index in [0.29, 0.717) is 0 Å². The van der Waals surface area contributed by atoms with Crippen LogP contribution in [0, 0.1) is 0 Å². The number of anilines is 2. The molecule has 0 aromatic heterocycles. The first kappa shape index (κ1) is 22.0. The zero-order valence-corrected chi connectivity index (χ0v) is 20.2. The Morgan fingerprint density at radius 2 is 1.40 bits per heavy atom. The van der Waals surface area contributed by atoms with E-state index in [2.05, 4.69) is 95.5 Å². The fourth-order valence-electron chi connectivity index (χ4n) is 2.50. The number of nitrogens with zero attached hydrogens (tertiary/aromatic N) is 1. The Kier molecular flexibility index (Phi) is 6.07. The lowest BCUT2D eigenvalue weighted by molar-refractivity contribution is -0.115. The molecule has 0 unspecified atom stereocenters. The van der Waals surface area contributed by atoms with Crippen molar-refractivity contribution in [2.75, 3.05) is 9.55 Å². The molecular weight excluding hydrogens is 340 g/mol. The summed E-state index contributed by atoms with van der Waals surface area (Å²) in [4.78, 5) is 16.5. The predicted molar refractivity (Wildman–Crippen MR) is 118 cm³/mol. The Bertz CT molecular complexity index is 625. The van der Waals surface area contributed by atoms with Gasteiger partial charge in [-0.25, -0.2) is 0 Å². The average molecular weight is 379 g/mol. The Hall–Kier alpha value is -1.08. The summed E-state index contributed by atoms with van der Waals surface area (Å²) >= 11 is 0. The molecule has 0 atom stereocenters. The Morgan fingerprint density at radius 1 is 0.920 bits per heavy atom. The Labute approximate surface area is 157 Å². The van der Waals surface area contributed by atoms with Crippen LogP contribution in [0.25, 0.3) is 0 Å². The van der Waals surface area contributed by atoms with Crippen molar-refractivity contribution in [2.45, 2.75) is 84.7 Å². The van der Waals surface area contributed by atoms with Crippen molar-refractivity contribution in [1.29, 1.82) is 0 Å². The SMILES string of the molecule is CC(=O)N(c1ccccc1N[Si](C)(C)C(C)(C)C)[Si](C)(C)C(C)(C)C. The second kappa shape index (κ2) is 6.91. The largest absolute Gasteiger partial charge is 0.408 e. The molecule has 0 saturated heterocycles. The number of hydrogen-bond donors (Lipinski definition) is 1. The van der Waals surface area contributed by atoms with Gasteiger partial charge in [0.15, 0.2) is 16.5 Å². The highest BCUT2D eigenvalue weighted by atomic mass is 28.3. The molecule has 5 heteroatoms. The number of para-hydroxylation sites is 2. The number of hydrogen-bond acceptors (Lipinski definition) is 2. The lowest BCUT2D eigenvalue weighted by atomic mass is 10.2. The van der Waals surface area contributed by atoms with Crippen molar-refractivity contribution >= 4 is 33.8 Å². The van der Waals surface area contributed by atoms with Crippen LogP contribution >= 0.6 is 0 Å². The van der Waals surface area contributed by atoms with Crippen molar-refractivity contribution in [2.24, 2.45) is 0 Å². The number of amides is 1. The summed E-state index contributed by atoms with van der Waals surface area (Å²) < 4.78 is 2.10. The minimum Gasteiger partial charge on any atom is -0.408 e. The summed E-state index contributed by atoms with van der Waals surface area (Å²) in [6, 6.07) is 8.31. The standard InChI is InChI=1S/C20H38N2OSi2/c1-16(23)22(25(10,11)20(5,6)7)18-15-13-12-14-17(18)21-24(8,9)19(2,3)4/h12-15,21H,1-11H3. The monoisotopic (exact) mass is 378 g/mol. The van der Waals surface area contributed by atoms with Crippen LogP contribution in [0.15, 0.2) is 24.3 Å². The number of carbonyl (C=O) groups is 1. The molecule has 1 amide bonds. The fourth-order valence-corrected chi connectivity index (χ4v) is 6.01. The van der Waals surface area contributed by atoms with Crippen LogP contribution in [0.2, 0.25) is 36.3 Å². The first-order valence-corrected chi connectivity index (χ1v) is 15.1. The number of benzene rings is 1. The predicted octanol–water partition coefficient (Wildman–Crippen LogP) is 6.46. The smallest absolute Gasteiger partial charge is 0.215 e. The molecule has 3 nitrogen and oxygen atoms in total. The maximum atomic E-state index is 12.7. The van der Waals surface area contributed by atoms with E-state index < -0.39 is 16.5 Å². The van der Waals surface area contributed by atoms with E-state index in [9.17, 15) is 4.79 Å². The normalized spacial score (nSPS) is 13.6. The molecule has 1 N–H and O–H groups in total. The van der Waals surface area contributed by atoms with Crippen molar-refractivity contribution < 1.29 is 4.79 Å². The van der Waals surface area contributed by atoms with Gasteiger partial charge in [-0.15, -0.1) is 0 Å². The third kappa shape index (κ3) is 4.56. The van der Waals surface area contributed by atoms with E-state index in [0.717, 1.165) is 11.4 Å². The van der Waals surface area contributed by atoms with Crippen molar-refractivity contribution in [3.05, 3.63) is 24.3 Å². The molecule has 0 spiro atoms. The molecule has 1 aromatic carbocycles. The van der Waals surface area contributed by atoms with Crippen LogP contribution in [-0.4, -0.2) is 22.4 Å². The summed E-state index contributed by atoms with van der Waals surface area (Å²) in [5.74, 6) is 0.135. The molecule has 0 bridgehead atoms. The molecule has 0 aliphatic rings. The van der Waals surface area contributed by atoms with Gasteiger partial charge < -0.3 is 9.55 Å². The van der Waals surface area contributed by atoms with E-state index >= 15 is 0 Å². The van der Waals surface area contributed by atoms with Crippen molar-refractivity contribution in [3.8, 4) is 0 Å². The van der Waals surface area contributed by atoms with Crippen molar-refractivity contribution in [1.82, 2.24) is 0 Å². The summed E-state index contributed by atoms with van der Waals surface area (Å²) in [7, 11) is -3.77. The average Bonchev–Trinajstić information content (AvgIpc) is 2.37. The molecule has 0 fully saturated rings. The first-order valence-electron chi connectivity index (χ1n) is 9.20. The van der Waals surface area contributed by atoms with Gasteiger partial charge in [0.1, 0.15) is 0 Å². The summed E-state index contributed by atoms with van der Waals surface area (Å²) in [5, 5.41) is 0.306. The van der Waals surface area contributed by atoms with Crippen molar-refractivity contribution in [3.63, 3.8) is 0 Å². The highest BCUT2D eigenvalue weighted by Gasteiger charge is 2.44. The summed E-state index contributed by atoms with van der Waals surface area (Å²) in [6.07, 6.45) is 0. The number of rotatable bonds is 4. The third-order valence-electron chi connectivity index (χ3n) is 6.18. The van der Waals surface area contributed by atoms with Gasteiger partial charge in [0.2, 0.25) is 5.91 Å². The minimum atomic E-state index is -2.03. The lowest BCUT2D eigenvalue weighted by Gasteiger charge is -2.47.